The average molecular weight is 258 g/mol. The molecule has 20 heavy (non-hydrogen) atoms. The summed E-state index contributed by atoms with van der Waals surface area (Å²) in [4.78, 5) is 4.78. The third kappa shape index (κ3) is 3.16. The van der Waals surface area contributed by atoms with Crippen LogP contribution >= 0.6 is 0 Å². The van der Waals surface area contributed by atoms with Gasteiger partial charge in [0.25, 0.3) is 0 Å². The number of rotatable bonds is 4. The third-order valence-electron chi connectivity index (χ3n) is 3.29. The summed E-state index contributed by atoms with van der Waals surface area (Å²) in [5, 5.41) is 0. The maximum Gasteiger partial charge on any atom is 0.0995 e. The van der Waals surface area contributed by atoms with Gasteiger partial charge in [0.2, 0.25) is 0 Å². The van der Waals surface area contributed by atoms with Crippen LogP contribution in [0.25, 0.3) is 0 Å². The van der Waals surface area contributed by atoms with Crippen molar-refractivity contribution < 1.29 is 0 Å². The summed E-state index contributed by atoms with van der Waals surface area (Å²) >= 11 is 0. The summed E-state index contributed by atoms with van der Waals surface area (Å²) < 4.78 is 0. The van der Waals surface area contributed by atoms with E-state index in [1.54, 1.807) is 0 Å². The van der Waals surface area contributed by atoms with Crippen molar-refractivity contribution in [3.05, 3.63) is 103 Å². The lowest BCUT2D eigenvalue weighted by molar-refractivity contribution is 0.876. The number of benzene rings is 2. The molecule has 0 saturated heterocycles. The first-order valence-electron chi connectivity index (χ1n) is 6.78. The minimum Gasteiger partial charge on any atom is -0.284 e. The van der Waals surface area contributed by atoms with Gasteiger partial charge in [-0.2, -0.15) is 0 Å². The molecule has 0 amide bonds. The molecule has 0 bridgehead atoms. The van der Waals surface area contributed by atoms with Crippen molar-refractivity contribution in [2.45, 2.75) is 6.04 Å². The molecular formula is C19H16N. The van der Waals surface area contributed by atoms with Gasteiger partial charge in [-0.1, -0.05) is 60.7 Å². The van der Waals surface area contributed by atoms with Gasteiger partial charge in [-0.15, -0.1) is 0 Å². The number of hydrogen-bond acceptors (Lipinski definition) is 1. The van der Waals surface area contributed by atoms with E-state index in [2.05, 4.69) is 61.4 Å². The van der Waals surface area contributed by atoms with Crippen molar-refractivity contribution >= 4 is 6.21 Å². The van der Waals surface area contributed by atoms with Crippen LogP contribution in [0.3, 0.4) is 0 Å². The summed E-state index contributed by atoms with van der Waals surface area (Å²) in [7, 11) is 0. The standard InChI is InChI=1S/C19H16N/c1-3-11-17(12-4-1)19(18-13-5-2-6-14-18)20-15-16-9-7-8-10-16/h1-15,19H. The van der Waals surface area contributed by atoms with Crippen LogP contribution in [0.1, 0.15) is 17.2 Å². The lowest BCUT2D eigenvalue weighted by Gasteiger charge is -2.14. The van der Waals surface area contributed by atoms with E-state index in [1.165, 1.54) is 11.1 Å². The zero-order valence-electron chi connectivity index (χ0n) is 11.2. The van der Waals surface area contributed by atoms with E-state index in [-0.39, 0.29) is 6.04 Å². The second-order valence-corrected chi connectivity index (χ2v) is 4.72. The fourth-order valence-electron chi connectivity index (χ4n) is 2.27. The molecule has 0 heterocycles. The largest absolute Gasteiger partial charge is 0.284 e. The SMILES string of the molecule is [CH]1[CH][CH][C](C=NC(c2ccccc2)c2ccccc2)[CH]1. The highest BCUT2D eigenvalue weighted by Crippen LogP contribution is 2.27. The fourth-order valence-corrected chi connectivity index (χ4v) is 2.27. The van der Waals surface area contributed by atoms with Crippen molar-refractivity contribution in [1.82, 2.24) is 0 Å². The molecular weight excluding hydrogens is 242 g/mol. The molecule has 0 N–H and O–H groups in total. The molecule has 3 rings (SSSR count). The second-order valence-electron chi connectivity index (χ2n) is 4.72. The molecule has 1 aliphatic rings. The van der Waals surface area contributed by atoms with Crippen LogP contribution in [0.2, 0.25) is 0 Å². The van der Waals surface area contributed by atoms with Crippen molar-refractivity contribution in [1.29, 1.82) is 0 Å². The Kier molecular flexibility index (Phi) is 4.27. The summed E-state index contributed by atoms with van der Waals surface area (Å²) in [6, 6.07) is 20.9. The predicted molar refractivity (Wildman–Crippen MR) is 83.7 cm³/mol. The van der Waals surface area contributed by atoms with Crippen LogP contribution in [-0.2, 0) is 0 Å². The molecule has 1 aliphatic carbocycles. The highest BCUT2D eigenvalue weighted by molar-refractivity contribution is 5.83. The van der Waals surface area contributed by atoms with Crippen molar-refractivity contribution in [3.8, 4) is 0 Å². The first-order chi connectivity index (χ1) is 9.93. The van der Waals surface area contributed by atoms with Gasteiger partial charge in [-0.25, -0.2) is 0 Å². The van der Waals surface area contributed by atoms with E-state index >= 15 is 0 Å². The lowest BCUT2D eigenvalue weighted by Crippen LogP contribution is -2.01. The third-order valence-corrected chi connectivity index (χ3v) is 3.29. The molecule has 0 aromatic heterocycles. The molecule has 5 radical (unpaired) electrons. The number of nitrogens with zero attached hydrogens (tertiary/aromatic N) is 1. The van der Waals surface area contributed by atoms with E-state index in [1.807, 2.05) is 31.2 Å². The van der Waals surface area contributed by atoms with E-state index < -0.39 is 0 Å². The van der Waals surface area contributed by atoms with Gasteiger partial charge in [0.1, 0.15) is 0 Å². The molecule has 97 valence electrons. The first-order valence-corrected chi connectivity index (χ1v) is 6.78. The molecule has 1 nitrogen and oxygen atoms in total. The number of aliphatic imine (C=N–C) groups is 1. The van der Waals surface area contributed by atoms with Crippen LogP contribution in [0.4, 0.5) is 0 Å². The lowest BCUT2D eigenvalue weighted by atomic mass is 9.99. The smallest absolute Gasteiger partial charge is 0.0995 e. The maximum atomic E-state index is 4.78. The average Bonchev–Trinajstić information content (AvgIpc) is 3.03. The van der Waals surface area contributed by atoms with E-state index in [0.29, 0.717) is 0 Å². The topological polar surface area (TPSA) is 12.4 Å². The van der Waals surface area contributed by atoms with Gasteiger partial charge in [0, 0.05) is 12.1 Å². The van der Waals surface area contributed by atoms with Gasteiger partial charge in [-0.3, -0.25) is 4.99 Å². The Labute approximate surface area is 121 Å². The zero-order valence-corrected chi connectivity index (χ0v) is 11.2. The number of hydrogen-bond donors (Lipinski definition) is 0. The molecule has 1 saturated carbocycles. The van der Waals surface area contributed by atoms with Crippen LogP contribution in [0, 0.1) is 31.6 Å². The van der Waals surface area contributed by atoms with Crippen LogP contribution in [-0.4, -0.2) is 6.21 Å². The molecule has 2 aromatic rings. The summed E-state index contributed by atoms with van der Waals surface area (Å²) in [5.74, 6) is 1.14. The first kappa shape index (κ1) is 13.1. The highest BCUT2D eigenvalue weighted by atomic mass is 14.8. The van der Waals surface area contributed by atoms with E-state index in [9.17, 15) is 0 Å². The maximum absolute atomic E-state index is 4.78. The van der Waals surface area contributed by atoms with Gasteiger partial charge < -0.3 is 0 Å². The van der Waals surface area contributed by atoms with Crippen LogP contribution < -0.4 is 0 Å². The monoisotopic (exact) mass is 258 g/mol. The summed E-state index contributed by atoms with van der Waals surface area (Å²) in [6.07, 6.45) is 10.1. The molecule has 0 aliphatic heterocycles. The second kappa shape index (κ2) is 6.51. The van der Waals surface area contributed by atoms with Gasteiger partial charge >= 0.3 is 0 Å². The van der Waals surface area contributed by atoms with Crippen molar-refractivity contribution in [2.75, 3.05) is 0 Å². The van der Waals surface area contributed by atoms with Crippen molar-refractivity contribution in [3.63, 3.8) is 0 Å². The zero-order chi connectivity index (χ0) is 13.6. The normalized spacial score (nSPS) is 16.2. The fraction of sp³-hybridized carbons (Fsp3) is 0.0526. The Morgan fingerprint density at radius 1 is 0.700 bits per heavy atom. The quantitative estimate of drug-likeness (QED) is 0.727. The highest BCUT2D eigenvalue weighted by Gasteiger charge is 2.16. The van der Waals surface area contributed by atoms with Gasteiger partial charge in [-0.05, 0) is 36.8 Å². The Balaban J connectivity index is 1.87. The van der Waals surface area contributed by atoms with Crippen molar-refractivity contribution in [2.24, 2.45) is 4.99 Å². The Bertz CT molecular complexity index is 499. The molecule has 1 heteroatoms. The van der Waals surface area contributed by atoms with Gasteiger partial charge in [0.15, 0.2) is 0 Å². The molecule has 0 unspecified atom stereocenters. The van der Waals surface area contributed by atoms with Crippen LogP contribution in [0.15, 0.2) is 65.7 Å². The van der Waals surface area contributed by atoms with Crippen LogP contribution in [0.5, 0.6) is 0 Å². The molecule has 0 atom stereocenters. The Morgan fingerprint density at radius 2 is 1.20 bits per heavy atom. The van der Waals surface area contributed by atoms with E-state index in [0.717, 1.165) is 5.92 Å². The van der Waals surface area contributed by atoms with E-state index in [4.69, 9.17) is 4.99 Å². The minimum atomic E-state index is 0.0484. The predicted octanol–water partition coefficient (Wildman–Crippen LogP) is 4.25. The molecule has 0 spiro atoms. The Hall–Kier alpha value is -1.89. The molecule has 2 aromatic carbocycles. The molecule has 1 fully saturated rings. The summed E-state index contributed by atoms with van der Waals surface area (Å²) in [6.45, 7) is 0. The summed E-state index contributed by atoms with van der Waals surface area (Å²) in [5.41, 5.74) is 2.42. The van der Waals surface area contributed by atoms with Gasteiger partial charge in [0.05, 0.1) is 6.04 Å². The minimum absolute atomic E-state index is 0.0484. The Morgan fingerprint density at radius 3 is 1.70 bits per heavy atom.